The van der Waals surface area contributed by atoms with Crippen LogP contribution in [0.5, 0.6) is 0 Å². The van der Waals surface area contributed by atoms with Crippen LogP contribution in [0.15, 0.2) is 150 Å². The second-order valence-electron chi connectivity index (χ2n) is 9.32. The van der Waals surface area contributed by atoms with E-state index in [0.29, 0.717) is 0 Å². The van der Waals surface area contributed by atoms with Crippen LogP contribution in [0.25, 0.3) is 43.4 Å². The van der Waals surface area contributed by atoms with Crippen LogP contribution in [0.1, 0.15) is 0 Å². The molecular formula is C35H24N2S. The van der Waals surface area contributed by atoms with E-state index in [-0.39, 0.29) is 0 Å². The van der Waals surface area contributed by atoms with Crippen LogP contribution in [0, 0.1) is 0 Å². The molecule has 2 heterocycles. The number of aromatic nitrogens is 1. The predicted octanol–water partition coefficient (Wildman–Crippen LogP) is 10.0. The standard InChI is InChI=1S/C35H24N2S/c1-3-31-33(4-2)38-34-16-10-9-15-32(34)37(31)35-20-18-24(22-36-35)23-17-19-29-27-13-6-5-11-25(27)26-12-7-8-14-28(26)30(29)21-23/h3-22H,1-2H2. The van der Waals surface area contributed by atoms with Crippen LogP contribution in [0.2, 0.25) is 0 Å². The van der Waals surface area contributed by atoms with E-state index in [1.165, 1.54) is 37.2 Å². The van der Waals surface area contributed by atoms with E-state index in [9.17, 15) is 0 Å². The monoisotopic (exact) mass is 504 g/mol. The maximum absolute atomic E-state index is 4.94. The SMILES string of the molecule is C=CC1=C(C=C)N(c2ccc(-c3ccc4c5ccccc5c5ccccc5c4c3)cn2)c2ccccc2S1. The Bertz CT molecular complexity index is 1900. The molecule has 0 N–H and O–H groups in total. The third kappa shape index (κ3) is 3.47. The molecule has 7 rings (SSSR count). The first-order valence-corrected chi connectivity index (χ1v) is 13.4. The molecule has 0 radical (unpaired) electrons. The van der Waals surface area contributed by atoms with E-state index < -0.39 is 0 Å². The molecule has 0 saturated heterocycles. The van der Waals surface area contributed by atoms with Crippen molar-refractivity contribution in [1.82, 2.24) is 4.98 Å². The zero-order valence-corrected chi connectivity index (χ0v) is 21.6. The molecule has 0 fully saturated rings. The van der Waals surface area contributed by atoms with Crippen LogP contribution >= 0.6 is 11.8 Å². The number of nitrogens with zero attached hydrogens (tertiary/aromatic N) is 2. The van der Waals surface area contributed by atoms with Gasteiger partial charge in [-0.15, -0.1) is 0 Å². The van der Waals surface area contributed by atoms with Gasteiger partial charge < -0.3 is 0 Å². The number of anilines is 2. The summed E-state index contributed by atoms with van der Waals surface area (Å²) < 4.78 is 0. The van der Waals surface area contributed by atoms with Gasteiger partial charge in [0.15, 0.2) is 0 Å². The predicted molar refractivity (Wildman–Crippen MR) is 164 cm³/mol. The smallest absolute Gasteiger partial charge is 0.137 e. The minimum atomic E-state index is 0.855. The highest BCUT2D eigenvalue weighted by atomic mass is 32.2. The van der Waals surface area contributed by atoms with Crippen molar-refractivity contribution in [3.8, 4) is 11.1 Å². The van der Waals surface area contributed by atoms with Crippen molar-refractivity contribution in [2.45, 2.75) is 4.90 Å². The van der Waals surface area contributed by atoms with Crippen molar-refractivity contribution in [3.05, 3.63) is 145 Å². The van der Waals surface area contributed by atoms with Gasteiger partial charge in [-0.05, 0) is 74.3 Å². The molecular weight excluding hydrogens is 480 g/mol. The van der Waals surface area contributed by atoms with Gasteiger partial charge in [0.1, 0.15) is 5.82 Å². The van der Waals surface area contributed by atoms with E-state index >= 15 is 0 Å². The Hall–Kier alpha value is -4.60. The Labute approximate surface area is 226 Å². The first-order valence-electron chi connectivity index (χ1n) is 12.6. The summed E-state index contributed by atoms with van der Waals surface area (Å²) in [5.74, 6) is 0.855. The summed E-state index contributed by atoms with van der Waals surface area (Å²) >= 11 is 1.71. The summed E-state index contributed by atoms with van der Waals surface area (Å²) in [7, 11) is 0. The normalized spacial score (nSPS) is 13.2. The summed E-state index contributed by atoms with van der Waals surface area (Å²) in [5.41, 5.74) is 4.33. The highest BCUT2D eigenvalue weighted by molar-refractivity contribution is 8.03. The van der Waals surface area contributed by atoms with Gasteiger partial charge >= 0.3 is 0 Å². The van der Waals surface area contributed by atoms with Crippen molar-refractivity contribution in [2.75, 3.05) is 4.90 Å². The molecule has 5 aromatic carbocycles. The van der Waals surface area contributed by atoms with E-state index in [2.05, 4.69) is 121 Å². The van der Waals surface area contributed by atoms with Crippen LogP contribution in [-0.4, -0.2) is 4.98 Å². The molecule has 6 aromatic rings. The van der Waals surface area contributed by atoms with Gasteiger partial charge in [-0.25, -0.2) is 4.98 Å². The van der Waals surface area contributed by atoms with Gasteiger partial charge in [0.2, 0.25) is 0 Å². The largest absolute Gasteiger partial charge is 0.293 e. The Balaban J connectivity index is 1.36. The quantitative estimate of drug-likeness (QED) is 0.222. The average molecular weight is 505 g/mol. The third-order valence-corrected chi connectivity index (χ3v) is 8.41. The van der Waals surface area contributed by atoms with E-state index in [4.69, 9.17) is 4.98 Å². The zero-order valence-electron chi connectivity index (χ0n) is 20.8. The third-order valence-electron chi connectivity index (χ3n) is 7.25. The Morgan fingerprint density at radius 1 is 0.605 bits per heavy atom. The molecule has 1 aliphatic rings. The van der Waals surface area contributed by atoms with Gasteiger partial charge in [-0.1, -0.05) is 104 Å². The van der Waals surface area contributed by atoms with E-state index in [0.717, 1.165) is 33.2 Å². The molecule has 3 heteroatoms. The van der Waals surface area contributed by atoms with Gasteiger partial charge in [0.25, 0.3) is 0 Å². The highest BCUT2D eigenvalue weighted by Crippen LogP contribution is 2.47. The summed E-state index contributed by atoms with van der Waals surface area (Å²) in [4.78, 5) is 9.35. The Morgan fingerprint density at radius 3 is 1.84 bits per heavy atom. The van der Waals surface area contributed by atoms with Crippen molar-refractivity contribution in [2.24, 2.45) is 0 Å². The number of pyridine rings is 1. The van der Waals surface area contributed by atoms with Gasteiger partial charge in [0.05, 0.1) is 11.4 Å². The number of hydrogen-bond donors (Lipinski definition) is 0. The Morgan fingerprint density at radius 2 is 1.21 bits per heavy atom. The molecule has 1 aromatic heterocycles. The second kappa shape index (κ2) is 9.05. The molecule has 0 aliphatic carbocycles. The van der Waals surface area contributed by atoms with Crippen molar-refractivity contribution in [3.63, 3.8) is 0 Å². The lowest BCUT2D eigenvalue weighted by Gasteiger charge is -2.32. The first kappa shape index (κ1) is 22.6. The lowest BCUT2D eigenvalue weighted by atomic mass is 9.92. The summed E-state index contributed by atoms with van der Waals surface area (Å²) in [6, 6.07) is 36.7. The molecule has 0 atom stereocenters. The topological polar surface area (TPSA) is 16.1 Å². The van der Waals surface area contributed by atoms with E-state index in [1.54, 1.807) is 11.8 Å². The van der Waals surface area contributed by atoms with Crippen LogP contribution in [-0.2, 0) is 0 Å². The fourth-order valence-electron chi connectivity index (χ4n) is 5.50. The van der Waals surface area contributed by atoms with Gasteiger partial charge in [-0.2, -0.15) is 0 Å². The zero-order chi connectivity index (χ0) is 25.6. The van der Waals surface area contributed by atoms with Crippen molar-refractivity contribution >= 4 is 55.6 Å². The number of thioether (sulfide) groups is 1. The fraction of sp³-hybridized carbons (Fsp3) is 0. The number of fused-ring (bicyclic) bond motifs is 7. The molecule has 1 aliphatic heterocycles. The lowest BCUT2D eigenvalue weighted by molar-refractivity contribution is 1.10. The molecule has 0 amide bonds. The highest BCUT2D eigenvalue weighted by Gasteiger charge is 2.25. The lowest BCUT2D eigenvalue weighted by Crippen LogP contribution is -2.20. The fourth-order valence-corrected chi connectivity index (χ4v) is 6.51. The van der Waals surface area contributed by atoms with Crippen LogP contribution in [0.4, 0.5) is 11.5 Å². The van der Waals surface area contributed by atoms with Crippen molar-refractivity contribution < 1.29 is 0 Å². The minimum Gasteiger partial charge on any atom is -0.293 e. The minimum absolute atomic E-state index is 0.855. The maximum atomic E-state index is 4.94. The van der Waals surface area contributed by atoms with Crippen molar-refractivity contribution in [1.29, 1.82) is 0 Å². The summed E-state index contributed by atoms with van der Waals surface area (Å²) in [6.07, 6.45) is 5.74. The second-order valence-corrected chi connectivity index (χ2v) is 10.4. The Kier molecular flexibility index (Phi) is 5.38. The van der Waals surface area contributed by atoms with Gasteiger partial charge in [-0.3, -0.25) is 4.90 Å². The number of para-hydroxylation sites is 1. The number of rotatable bonds is 4. The summed E-state index contributed by atoms with van der Waals surface area (Å²) in [5, 5.41) is 7.66. The molecule has 2 nitrogen and oxygen atoms in total. The maximum Gasteiger partial charge on any atom is 0.137 e. The number of benzene rings is 5. The molecule has 180 valence electrons. The molecule has 0 unspecified atom stereocenters. The molecule has 0 saturated carbocycles. The molecule has 0 bridgehead atoms. The first-order chi connectivity index (χ1) is 18.8. The van der Waals surface area contributed by atoms with E-state index in [1.807, 2.05) is 18.3 Å². The number of hydrogen-bond acceptors (Lipinski definition) is 3. The number of allylic oxidation sites excluding steroid dienone is 2. The average Bonchev–Trinajstić information content (AvgIpc) is 3.00. The molecule has 38 heavy (non-hydrogen) atoms. The summed E-state index contributed by atoms with van der Waals surface area (Å²) in [6.45, 7) is 8.11. The van der Waals surface area contributed by atoms with Gasteiger partial charge in [0, 0.05) is 21.6 Å². The van der Waals surface area contributed by atoms with Crippen LogP contribution < -0.4 is 4.90 Å². The molecule has 0 spiro atoms. The van der Waals surface area contributed by atoms with Crippen LogP contribution in [0.3, 0.4) is 0 Å².